The van der Waals surface area contributed by atoms with Crippen LogP contribution in [-0.4, -0.2) is 30.6 Å². The molecule has 0 atom stereocenters. The van der Waals surface area contributed by atoms with Crippen LogP contribution in [0, 0.1) is 15.9 Å². The summed E-state index contributed by atoms with van der Waals surface area (Å²) >= 11 is 0. The summed E-state index contributed by atoms with van der Waals surface area (Å²) in [5.74, 6) is -1.10. The fraction of sp³-hybridized carbons (Fsp3) is 0.364. The van der Waals surface area contributed by atoms with Crippen LogP contribution in [0.15, 0.2) is 18.2 Å². The molecule has 0 heterocycles. The van der Waals surface area contributed by atoms with Gasteiger partial charge in [-0.05, 0) is 12.1 Å². The van der Waals surface area contributed by atoms with Gasteiger partial charge in [0, 0.05) is 24.7 Å². The topological polar surface area (TPSA) is 107 Å². The number of carbonyl (C=O) groups excluding carboxylic acids is 1. The summed E-state index contributed by atoms with van der Waals surface area (Å²) in [4.78, 5) is 20.5. The molecule has 7 nitrogen and oxygen atoms in total. The Morgan fingerprint density at radius 3 is 2.89 bits per heavy atom. The molecule has 0 saturated carbocycles. The van der Waals surface area contributed by atoms with Gasteiger partial charge in [-0.25, -0.2) is 4.39 Å². The SMILES string of the molecule is NC(=O)COCCNCc1cc(F)ccc1[N+](=O)[O-]. The molecule has 1 aromatic carbocycles. The van der Waals surface area contributed by atoms with E-state index in [9.17, 15) is 19.3 Å². The predicted octanol–water partition coefficient (Wildman–Crippen LogP) is 0.325. The van der Waals surface area contributed by atoms with Gasteiger partial charge in [-0.3, -0.25) is 14.9 Å². The van der Waals surface area contributed by atoms with E-state index in [2.05, 4.69) is 5.32 Å². The van der Waals surface area contributed by atoms with E-state index in [0.717, 1.165) is 18.2 Å². The molecule has 104 valence electrons. The number of ether oxygens (including phenoxy) is 1. The average molecular weight is 271 g/mol. The molecule has 19 heavy (non-hydrogen) atoms. The molecule has 0 saturated heterocycles. The Bertz CT molecular complexity index is 467. The number of rotatable bonds is 8. The largest absolute Gasteiger partial charge is 0.370 e. The molecule has 1 rings (SSSR count). The first-order chi connectivity index (χ1) is 9.00. The second kappa shape index (κ2) is 7.39. The first-order valence-electron chi connectivity index (χ1n) is 5.50. The first kappa shape index (κ1) is 15.0. The normalized spacial score (nSPS) is 10.4. The maximum atomic E-state index is 13.0. The molecular formula is C11H14FN3O4. The minimum atomic E-state index is -0.569. The highest BCUT2D eigenvalue weighted by molar-refractivity contribution is 5.74. The Labute approximate surface area is 108 Å². The van der Waals surface area contributed by atoms with E-state index < -0.39 is 16.6 Å². The lowest BCUT2D eigenvalue weighted by Crippen LogP contribution is -2.24. The summed E-state index contributed by atoms with van der Waals surface area (Å²) in [6.45, 7) is 0.544. The highest BCUT2D eigenvalue weighted by Crippen LogP contribution is 2.19. The Balaban J connectivity index is 2.42. The van der Waals surface area contributed by atoms with Crippen LogP contribution in [0.25, 0.3) is 0 Å². The number of benzene rings is 1. The molecule has 0 spiro atoms. The van der Waals surface area contributed by atoms with Crippen molar-refractivity contribution in [3.8, 4) is 0 Å². The molecule has 0 unspecified atom stereocenters. The van der Waals surface area contributed by atoms with Crippen LogP contribution in [0.4, 0.5) is 10.1 Å². The summed E-state index contributed by atoms with van der Waals surface area (Å²) in [6, 6.07) is 3.27. The molecule has 0 aliphatic carbocycles. The van der Waals surface area contributed by atoms with Crippen molar-refractivity contribution < 1.29 is 18.8 Å². The second-order valence-electron chi connectivity index (χ2n) is 3.73. The van der Waals surface area contributed by atoms with Gasteiger partial charge in [-0.2, -0.15) is 0 Å². The van der Waals surface area contributed by atoms with E-state index in [-0.39, 0.29) is 31.0 Å². The first-order valence-corrected chi connectivity index (χ1v) is 5.50. The average Bonchev–Trinajstić information content (AvgIpc) is 2.33. The van der Waals surface area contributed by atoms with E-state index in [1.165, 1.54) is 0 Å². The van der Waals surface area contributed by atoms with Crippen molar-refractivity contribution in [3.63, 3.8) is 0 Å². The maximum Gasteiger partial charge on any atom is 0.274 e. The zero-order valence-corrected chi connectivity index (χ0v) is 10.1. The van der Waals surface area contributed by atoms with E-state index in [1.807, 2.05) is 0 Å². The smallest absolute Gasteiger partial charge is 0.274 e. The van der Waals surface area contributed by atoms with Crippen LogP contribution in [0.2, 0.25) is 0 Å². The van der Waals surface area contributed by atoms with Crippen LogP contribution in [-0.2, 0) is 16.1 Å². The second-order valence-corrected chi connectivity index (χ2v) is 3.73. The number of nitrogens with one attached hydrogen (secondary N) is 1. The highest BCUT2D eigenvalue weighted by Gasteiger charge is 2.13. The fourth-order valence-electron chi connectivity index (χ4n) is 1.41. The fourth-order valence-corrected chi connectivity index (χ4v) is 1.41. The highest BCUT2D eigenvalue weighted by atomic mass is 19.1. The summed E-state index contributed by atoms with van der Waals surface area (Å²) in [6.07, 6.45) is 0. The number of nitrogens with two attached hydrogens (primary N) is 1. The van der Waals surface area contributed by atoms with Crippen LogP contribution in [0.1, 0.15) is 5.56 Å². The molecule has 0 fully saturated rings. The molecular weight excluding hydrogens is 257 g/mol. The molecule has 0 bridgehead atoms. The molecule has 0 radical (unpaired) electrons. The third-order valence-corrected chi connectivity index (χ3v) is 2.22. The summed E-state index contributed by atoms with van der Waals surface area (Å²) in [7, 11) is 0. The Hall–Kier alpha value is -2.06. The number of nitro benzene ring substituents is 1. The van der Waals surface area contributed by atoms with Gasteiger partial charge in [0.25, 0.3) is 5.69 Å². The number of halogens is 1. The van der Waals surface area contributed by atoms with Gasteiger partial charge in [0.2, 0.25) is 5.91 Å². The quantitative estimate of drug-likeness (QED) is 0.402. The van der Waals surface area contributed by atoms with E-state index in [4.69, 9.17) is 10.5 Å². The number of hydrogen-bond acceptors (Lipinski definition) is 5. The van der Waals surface area contributed by atoms with Crippen molar-refractivity contribution >= 4 is 11.6 Å². The van der Waals surface area contributed by atoms with Crippen molar-refractivity contribution in [2.24, 2.45) is 5.73 Å². The monoisotopic (exact) mass is 271 g/mol. The van der Waals surface area contributed by atoms with Gasteiger partial charge in [0.15, 0.2) is 0 Å². The number of hydrogen-bond donors (Lipinski definition) is 2. The molecule has 0 aliphatic heterocycles. The number of nitrogens with zero attached hydrogens (tertiary/aromatic N) is 1. The molecule has 0 aromatic heterocycles. The van der Waals surface area contributed by atoms with E-state index in [1.54, 1.807) is 0 Å². The number of carbonyl (C=O) groups is 1. The third kappa shape index (κ3) is 5.40. The minimum absolute atomic E-state index is 0.133. The van der Waals surface area contributed by atoms with Gasteiger partial charge in [0.05, 0.1) is 11.5 Å². The van der Waals surface area contributed by atoms with Crippen LogP contribution in [0.5, 0.6) is 0 Å². The zero-order chi connectivity index (χ0) is 14.3. The zero-order valence-electron chi connectivity index (χ0n) is 10.1. The molecule has 1 amide bonds. The van der Waals surface area contributed by atoms with Crippen LogP contribution in [0.3, 0.4) is 0 Å². The number of primary amides is 1. The van der Waals surface area contributed by atoms with Gasteiger partial charge in [-0.15, -0.1) is 0 Å². The Morgan fingerprint density at radius 2 is 2.26 bits per heavy atom. The lowest BCUT2D eigenvalue weighted by molar-refractivity contribution is -0.385. The number of nitro groups is 1. The van der Waals surface area contributed by atoms with Crippen molar-refractivity contribution in [2.45, 2.75) is 6.54 Å². The van der Waals surface area contributed by atoms with Gasteiger partial charge in [-0.1, -0.05) is 0 Å². The summed E-state index contributed by atoms with van der Waals surface area (Å²) in [5, 5.41) is 13.6. The van der Waals surface area contributed by atoms with Gasteiger partial charge < -0.3 is 15.8 Å². The lowest BCUT2D eigenvalue weighted by Gasteiger charge is -2.06. The van der Waals surface area contributed by atoms with Crippen LogP contribution < -0.4 is 11.1 Å². The minimum Gasteiger partial charge on any atom is -0.370 e. The van der Waals surface area contributed by atoms with Crippen LogP contribution >= 0.6 is 0 Å². The van der Waals surface area contributed by atoms with Crippen molar-refractivity contribution in [3.05, 3.63) is 39.7 Å². The van der Waals surface area contributed by atoms with Crippen molar-refractivity contribution in [2.75, 3.05) is 19.8 Å². The summed E-state index contributed by atoms with van der Waals surface area (Å²) < 4.78 is 17.9. The molecule has 8 heteroatoms. The predicted molar refractivity (Wildman–Crippen MR) is 64.8 cm³/mol. The van der Waals surface area contributed by atoms with Crippen molar-refractivity contribution in [1.82, 2.24) is 5.32 Å². The Kier molecular flexibility index (Phi) is 5.83. The van der Waals surface area contributed by atoms with E-state index >= 15 is 0 Å². The standard InChI is InChI=1S/C11H14FN3O4/c12-9-1-2-10(15(17)18)8(5-9)6-14-3-4-19-7-11(13)16/h1-2,5,14H,3-4,6-7H2,(H2,13,16). The van der Waals surface area contributed by atoms with Gasteiger partial charge >= 0.3 is 0 Å². The van der Waals surface area contributed by atoms with E-state index in [0.29, 0.717) is 6.54 Å². The van der Waals surface area contributed by atoms with Crippen molar-refractivity contribution in [1.29, 1.82) is 0 Å². The Morgan fingerprint density at radius 1 is 1.53 bits per heavy atom. The molecule has 1 aromatic rings. The summed E-state index contributed by atoms with van der Waals surface area (Å²) in [5.41, 5.74) is 4.97. The maximum absolute atomic E-state index is 13.0. The van der Waals surface area contributed by atoms with Gasteiger partial charge in [0.1, 0.15) is 12.4 Å². The number of amides is 1. The third-order valence-electron chi connectivity index (χ3n) is 2.22. The lowest BCUT2D eigenvalue weighted by atomic mass is 10.1. The molecule has 0 aliphatic rings. The molecule has 3 N–H and O–H groups in total.